The number of ether oxygens (including phenoxy) is 1. The largest absolute Gasteiger partial charge is 0.464 e. The molecule has 2 heterocycles. The van der Waals surface area contributed by atoms with Crippen LogP contribution in [0.1, 0.15) is 0 Å². The first-order chi connectivity index (χ1) is 5.07. The minimum atomic E-state index is -2.88. The molecule has 62 valence electrons. The normalized spacial score (nSPS) is 39.5. The lowest BCUT2D eigenvalue weighted by molar-refractivity contribution is 0.243. The van der Waals surface area contributed by atoms with Crippen LogP contribution in [0.2, 0.25) is 0 Å². The van der Waals surface area contributed by atoms with Crippen molar-refractivity contribution in [2.45, 2.75) is 12.1 Å². The fourth-order valence-electron chi connectivity index (χ4n) is 1.39. The predicted molar refractivity (Wildman–Crippen MR) is 43.0 cm³/mol. The minimum absolute atomic E-state index is 0.102. The summed E-state index contributed by atoms with van der Waals surface area (Å²) in [6.45, 7) is 0. The third-order valence-electron chi connectivity index (χ3n) is 1.86. The number of rotatable bonds is 0. The topological polar surface area (TPSA) is 55.4 Å². The van der Waals surface area contributed by atoms with Crippen molar-refractivity contribution in [3.05, 3.63) is 0 Å². The Balaban J connectivity index is 2.22. The van der Waals surface area contributed by atoms with E-state index in [2.05, 4.69) is 5.32 Å². The van der Waals surface area contributed by atoms with Crippen LogP contribution in [0.25, 0.3) is 0 Å². The Morgan fingerprint density at radius 1 is 1.55 bits per heavy atom. The zero-order chi connectivity index (χ0) is 8.06. The predicted octanol–water partition coefficient (Wildman–Crippen LogP) is -0.943. The van der Waals surface area contributed by atoms with Crippen molar-refractivity contribution < 1.29 is 13.2 Å². The summed E-state index contributed by atoms with van der Waals surface area (Å²) >= 11 is 4.72. The fourth-order valence-corrected chi connectivity index (χ4v) is 3.45. The van der Waals surface area contributed by atoms with Crippen molar-refractivity contribution in [2.24, 2.45) is 0 Å². The number of sulfone groups is 1. The quantitative estimate of drug-likeness (QED) is 0.503. The van der Waals surface area contributed by atoms with E-state index in [4.69, 9.17) is 17.0 Å². The average molecular weight is 193 g/mol. The second-order valence-electron chi connectivity index (χ2n) is 2.77. The zero-order valence-electron chi connectivity index (χ0n) is 5.61. The van der Waals surface area contributed by atoms with Gasteiger partial charge in [-0.15, -0.1) is 0 Å². The average Bonchev–Trinajstić information content (AvgIpc) is 2.17. The molecule has 0 unspecified atom stereocenters. The van der Waals surface area contributed by atoms with E-state index in [-0.39, 0.29) is 23.7 Å². The lowest BCUT2D eigenvalue weighted by Crippen LogP contribution is -2.30. The van der Waals surface area contributed by atoms with Crippen LogP contribution in [0.4, 0.5) is 0 Å². The molecule has 2 saturated heterocycles. The molecule has 11 heavy (non-hydrogen) atoms. The summed E-state index contributed by atoms with van der Waals surface area (Å²) in [5.74, 6) is 0.253. The van der Waals surface area contributed by atoms with Crippen LogP contribution in [0.15, 0.2) is 0 Å². The van der Waals surface area contributed by atoms with Gasteiger partial charge in [0.2, 0.25) is 0 Å². The van der Waals surface area contributed by atoms with Crippen molar-refractivity contribution in [1.29, 1.82) is 0 Å². The van der Waals surface area contributed by atoms with Crippen molar-refractivity contribution in [3.63, 3.8) is 0 Å². The first-order valence-electron chi connectivity index (χ1n) is 3.24. The van der Waals surface area contributed by atoms with Gasteiger partial charge >= 0.3 is 0 Å². The molecule has 0 aromatic heterocycles. The fraction of sp³-hybridized carbons (Fsp3) is 0.800. The molecule has 0 saturated carbocycles. The van der Waals surface area contributed by atoms with Gasteiger partial charge in [0.25, 0.3) is 5.17 Å². The Labute approximate surface area is 69.8 Å². The highest BCUT2D eigenvalue weighted by molar-refractivity contribution is 7.91. The molecule has 2 rings (SSSR count). The van der Waals surface area contributed by atoms with Crippen molar-refractivity contribution >= 4 is 27.2 Å². The van der Waals surface area contributed by atoms with E-state index in [9.17, 15) is 8.42 Å². The summed E-state index contributed by atoms with van der Waals surface area (Å²) in [5.41, 5.74) is 0. The van der Waals surface area contributed by atoms with Gasteiger partial charge in [0.05, 0.1) is 17.5 Å². The molecule has 1 N–H and O–H groups in total. The summed E-state index contributed by atoms with van der Waals surface area (Å²) in [4.78, 5) is 0. The van der Waals surface area contributed by atoms with Gasteiger partial charge in [0, 0.05) is 0 Å². The third-order valence-corrected chi connectivity index (χ3v) is 3.78. The molecule has 4 nitrogen and oxygen atoms in total. The van der Waals surface area contributed by atoms with Crippen LogP contribution in [-0.4, -0.2) is 37.2 Å². The van der Waals surface area contributed by atoms with Gasteiger partial charge in [-0.1, -0.05) is 0 Å². The van der Waals surface area contributed by atoms with E-state index in [1.54, 1.807) is 0 Å². The van der Waals surface area contributed by atoms with Gasteiger partial charge in [-0.3, -0.25) is 0 Å². The zero-order valence-corrected chi connectivity index (χ0v) is 7.24. The van der Waals surface area contributed by atoms with Crippen LogP contribution >= 0.6 is 12.2 Å². The number of thiocarbonyl (C=S) groups is 1. The monoisotopic (exact) mass is 193 g/mol. The highest BCUT2D eigenvalue weighted by atomic mass is 32.2. The van der Waals surface area contributed by atoms with E-state index >= 15 is 0 Å². The second-order valence-corrected chi connectivity index (χ2v) is 5.30. The molecule has 0 amide bonds. The molecule has 0 aromatic carbocycles. The van der Waals surface area contributed by atoms with Gasteiger partial charge in [-0.2, -0.15) is 0 Å². The Hall–Kier alpha value is -0.360. The summed E-state index contributed by atoms with van der Waals surface area (Å²) in [7, 11) is -2.88. The van der Waals surface area contributed by atoms with E-state index in [0.29, 0.717) is 5.17 Å². The maximum atomic E-state index is 11.0. The lowest BCUT2D eigenvalue weighted by atomic mass is 10.2. The molecular formula is C5H7NO3S2. The molecule has 2 fully saturated rings. The lowest BCUT2D eigenvalue weighted by Gasteiger charge is -2.00. The van der Waals surface area contributed by atoms with Crippen molar-refractivity contribution in [2.75, 3.05) is 11.5 Å². The summed E-state index contributed by atoms with van der Waals surface area (Å²) in [6, 6.07) is -0.104. The van der Waals surface area contributed by atoms with Gasteiger partial charge < -0.3 is 10.1 Å². The molecule has 6 heteroatoms. The first-order valence-corrected chi connectivity index (χ1v) is 5.47. The standard InChI is InChI=1S/C5H7NO3S2/c7-11(8)1-3-4(2-11)9-5(10)6-3/h3-4H,1-2H2,(H,6,10)/t3-,4+/m1/s1. The van der Waals surface area contributed by atoms with E-state index in [0.717, 1.165) is 0 Å². The summed E-state index contributed by atoms with van der Waals surface area (Å²) in [6.07, 6.45) is -0.243. The maximum Gasteiger partial charge on any atom is 0.257 e. The van der Waals surface area contributed by atoms with E-state index in [1.165, 1.54) is 0 Å². The Morgan fingerprint density at radius 3 is 2.91 bits per heavy atom. The molecule has 2 atom stereocenters. The Kier molecular flexibility index (Phi) is 1.37. The molecular weight excluding hydrogens is 186 g/mol. The summed E-state index contributed by atoms with van der Waals surface area (Å²) < 4.78 is 27.0. The molecule has 0 spiro atoms. The molecule has 2 aliphatic rings. The second kappa shape index (κ2) is 2.07. The smallest absolute Gasteiger partial charge is 0.257 e. The molecule has 0 aliphatic carbocycles. The van der Waals surface area contributed by atoms with Crippen LogP contribution < -0.4 is 5.32 Å². The number of hydrogen-bond donors (Lipinski definition) is 1. The van der Waals surface area contributed by atoms with Crippen molar-refractivity contribution in [3.8, 4) is 0 Å². The van der Waals surface area contributed by atoms with Crippen LogP contribution in [0, 0.1) is 0 Å². The van der Waals surface area contributed by atoms with E-state index in [1.807, 2.05) is 0 Å². The first kappa shape index (κ1) is 7.30. The Morgan fingerprint density at radius 2 is 2.27 bits per heavy atom. The highest BCUT2D eigenvalue weighted by Crippen LogP contribution is 2.20. The highest BCUT2D eigenvalue weighted by Gasteiger charge is 2.44. The number of nitrogens with one attached hydrogen (secondary N) is 1. The SMILES string of the molecule is O=S1(=O)C[C@@H]2OC(=S)N[C@@H]2C1. The van der Waals surface area contributed by atoms with Crippen LogP contribution in [0.3, 0.4) is 0 Å². The van der Waals surface area contributed by atoms with Gasteiger partial charge in [0.15, 0.2) is 9.84 Å². The number of hydrogen-bond acceptors (Lipinski definition) is 4. The molecule has 0 radical (unpaired) electrons. The van der Waals surface area contributed by atoms with Crippen LogP contribution in [-0.2, 0) is 14.6 Å². The van der Waals surface area contributed by atoms with Gasteiger partial charge in [-0.25, -0.2) is 8.42 Å². The summed E-state index contributed by atoms with van der Waals surface area (Å²) in [5, 5.41) is 3.13. The van der Waals surface area contributed by atoms with E-state index < -0.39 is 9.84 Å². The molecule has 0 aromatic rings. The van der Waals surface area contributed by atoms with Crippen molar-refractivity contribution in [1.82, 2.24) is 5.32 Å². The van der Waals surface area contributed by atoms with Gasteiger partial charge in [0.1, 0.15) is 6.10 Å². The molecule has 2 aliphatic heterocycles. The third kappa shape index (κ3) is 1.20. The Bertz CT molecular complexity index is 275. The number of fused-ring (bicyclic) bond motifs is 1. The maximum absolute atomic E-state index is 11.0. The van der Waals surface area contributed by atoms with Gasteiger partial charge in [-0.05, 0) is 12.2 Å². The molecule has 0 bridgehead atoms. The minimum Gasteiger partial charge on any atom is -0.464 e. The van der Waals surface area contributed by atoms with Crippen LogP contribution in [0.5, 0.6) is 0 Å².